The predicted molar refractivity (Wildman–Crippen MR) is 106 cm³/mol. The average molecular weight is 414 g/mol. The molecule has 0 saturated heterocycles. The first-order valence-electron chi connectivity index (χ1n) is 9.40. The van der Waals surface area contributed by atoms with Crippen molar-refractivity contribution in [1.82, 2.24) is 5.32 Å². The predicted octanol–water partition coefficient (Wildman–Crippen LogP) is 2.96. The highest BCUT2D eigenvalue weighted by atomic mass is 16.7. The Kier molecular flexibility index (Phi) is 6.63. The van der Waals surface area contributed by atoms with Crippen LogP contribution < -0.4 is 10.1 Å². The minimum Gasteiger partial charge on any atom is -0.467 e. The second-order valence-electron chi connectivity index (χ2n) is 7.13. The number of benzene rings is 2. The summed E-state index contributed by atoms with van der Waals surface area (Å²) in [6, 6.07) is 10.3. The standard InChI is InChI=1S/C21H22N2O7/c1-13(2)18(22-20(24)14-6-4-3-5-7-14)21(25)29-11-16-9-17(23(26)27)8-15-10-28-12-30-19(15)16/h3-9,13,18H,10-12H2,1-2H3,(H,22,24)/t18-/m0/s1. The second kappa shape index (κ2) is 9.36. The lowest BCUT2D eigenvalue weighted by Gasteiger charge is -2.23. The summed E-state index contributed by atoms with van der Waals surface area (Å²) >= 11 is 0. The van der Waals surface area contributed by atoms with Gasteiger partial charge in [-0.25, -0.2) is 4.79 Å². The molecule has 0 saturated carbocycles. The summed E-state index contributed by atoms with van der Waals surface area (Å²) in [6.45, 7) is 3.51. The van der Waals surface area contributed by atoms with Gasteiger partial charge in [-0.1, -0.05) is 32.0 Å². The molecule has 0 unspecified atom stereocenters. The van der Waals surface area contributed by atoms with Gasteiger partial charge in [0.05, 0.1) is 11.5 Å². The van der Waals surface area contributed by atoms with Crippen molar-refractivity contribution in [3.8, 4) is 5.75 Å². The van der Waals surface area contributed by atoms with Crippen molar-refractivity contribution in [3.05, 3.63) is 69.3 Å². The Labute approximate surface area is 173 Å². The van der Waals surface area contributed by atoms with Crippen LogP contribution in [-0.2, 0) is 27.5 Å². The highest BCUT2D eigenvalue weighted by Gasteiger charge is 2.28. The molecule has 0 radical (unpaired) electrons. The third kappa shape index (κ3) is 4.93. The molecular formula is C21H22N2O7. The van der Waals surface area contributed by atoms with Crippen LogP contribution in [0.1, 0.15) is 35.3 Å². The number of nitro benzene ring substituents is 1. The Bertz CT molecular complexity index is 944. The van der Waals surface area contributed by atoms with E-state index in [9.17, 15) is 19.7 Å². The molecular weight excluding hydrogens is 392 g/mol. The van der Waals surface area contributed by atoms with Crippen molar-refractivity contribution in [1.29, 1.82) is 0 Å². The van der Waals surface area contributed by atoms with E-state index in [1.807, 2.05) is 0 Å². The van der Waals surface area contributed by atoms with Gasteiger partial charge in [-0.05, 0) is 18.1 Å². The van der Waals surface area contributed by atoms with Crippen LogP contribution >= 0.6 is 0 Å². The highest BCUT2D eigenvalue weighted by molar-refractivity contribution is 5.96. The van der Waals surface area contributed by atoms with Gasteiger partial charge < -0.3 is 19.5 Å². The van der Waals surface area contributed by atoms with Crippen LogP contribution in [0.4, 0.5) is 5.69 Å². The first kappa shape index (κ1) is 21.3. The van der Waals surface area contributed by atoms with E-state index in [-0.39, 0.29) is 37.5 Å². The number of carbonyl (C=O) groups is 2. The Hall–Kier alpha value is -3.46. The van der Waals surface area contributed by atoms with E-state index >= 15 is 0 Å². The smallest absolute Gasteiger partial charge is 0.329 e. The number of nitrogens with one attached hydrogen (secondary N) is 1. The summed E-state index contributed by atoms with van der Waals surface area (Å²) in [5.74, 6) is -0.844. The summed E-state index contributed by atoms with van der Waals surface area (Å²) in [6.07, 6.45) is 0. The Morgan fingerprint density at radius 3 is 2.63 bits per heavy atom. The quantitative estimate of drug-likeness (QED) is 0.420. The molecule has 1 atom stereocenters. The van der Waals surface area contributed by atoms with Crippen molar-refractivity contribution in [3.63, 3.8) is 0 Å². The number of carbonyl (C=O) groups excluding carboxylic acids is 2. The van der Waals surface area contributed by atoms with Gasteiger partial charge in [0.15, 0.2) is 6.79 Å². The first-order chi connectivity index (χ1) is 14.4. The molecule has 2 aromatic rings. The molecule has 9 heteroatoms. The van der Waals surface area contributed by atoms with Gasteiger partial charge in [0.2, 0.25) is 0 Å². The van der Waals surface area contributed by atoms with Crippen LogP contribution in [0.15, 0.2) is 42.5 Å². The summed E-state index contributed by atoms with van der Waals surface area (Å²) in [7, 11) is 0. The van der Waals surface area contributed by atoms with E-state index in [0.29, 0.717) is 22.4 Å². The molecule has 1 heterocycles. The van der Waals surface area contributed by atoms with Crippen molar-refractivity contribution in [2.75, 3.05) is 6.79 Å². The third-order valence-electron chi connectivity index (χ3n) is 4.60. The Morgan fingerprint density at radius 2 is 1.97 bits per heavy atom. The number of nitro groups is 1. The van der Waals surface area contributed by atoms with E-state index in [0.717, 1.165) is 0 Å². The Balaban J connectivity index is 1.73. The molecule has 0 fully saturated rings. The lowest BCUT2D eigenvalue weighted by Crippen LogP contribution is -2.45. The largest absolute Gasteiger partial charge is 0.467 e. The number of amides is 1. The zero-order chi connectivity index (χ0) is 21.7. The summed E-state index contributed by atoms with van der Waals surface area (Å²) in [4.78, 5) is 35.8. The number of ether oxygens (including phenoxy) is 3. The molecule has 9 nitrogen and oxygen atoms in total. The molecule has 158 valence electrons. The lowest BCUT2D eigenvalue weighted by molar-refractivity contribution is -0.385. The highest BCUT2D eigenvalue weighted by Crippen LogP contribution is 2.33. The number of nitrogens with zero attached hydrogens (tertiary/aromatic N) is 1. The van der Waals surface area contributed by atoms with Crippen molar-refractivity contribution in [2.45, 2.75) is 33.1 Å². The fourth-order valence-corrected chi connectivity index (χ4v) is 3.04. The lowest BCUT2D eigenvalue weighted by atomic mass is 10.0. The van der Waals surface area contributed by atoms with Gasteiger partial charge in [0, 0.05) is 28.8 Å². The number of fused-ring (bicyclic) bond motifs is 1. The molecule has 1 amide bonds. The molecule has 1 aliphatic heterocycles. The molecule has 0 aliphatic carbocycles. The monoisotopic (exact) mass is 414 g/mol. The van der Waals surface area contributed by atoms with E-state index in [1.165, 1.54) is 12.1 Å². The topological polar surface area (TPSA) is 117 Å². The van der Waals surface area contributed by atoms with Crippen molar-refractivity contribution in [2.24, 2.45) is 5.92 Å². The van der Waals surface area contributed by atoms with Gasteiger partial charge in [-0.3, -0.25) is 14.9 Å². The van der Waals surface area contributed by atoms with Crippen LogP contribution in [0.3, 0.4) is 0 Å². The van der Waals surface area contributed by atoms with E-state index in [1.54, 1.807) is 44.2 Å². The maximum Gasteiger partial charge on any atom is 0.329 e. The molecule has 30 heavy (non-hydrogen) atoms. The summed E-state index contributed by atoms with van der Waals surface area (Å²) in [5, 5.41) is 13.9. The van der Waals surface area contributed by atoms with Crippen LogP contribution in [0.2, 0.25) is 0 Å². The van der Waals surface area contributed by atoms with Crippen molar-refractivity contribution < 1.29 is 28.7 Å². The van der Waals surface area contributed by atoms with E-state index in [4.69, 9.17) is 14.2 Å². The molecule has 1 N–H and O–H groups in total. The number of non-ortho nitro benzene ring substituents is 1. The fourth-order valence-electron chi connectivity index (χ4n) is 3.04. The van der Waals surface area contributed by atoms with E-state index in [2.05, 4.69) is 5.32 Å². The van der Waals surface area contributed by atoms with Gasteiger partial charge in [-0.15, -0.1) is 0 Å². The number of hydrogen-bond donors (Lipinski definition) is 1. The maximum atomic E-state index is 12.7. The molecule has 1 aliphatic rings. The number of rotatable bonds is 7. The number of esters is 1. The molecule has 3 rings (SSSR count). The number of hydrogen-bond acceptors (Lipinski definition) is 7. The second-order valence-corrected chi connectivity index (χ2v) is 7.13. The maximum absolute atomic E-state index is 12.7. The van der Waals surface area contributed by atoms with Crippen LogP contribution in [-0.4, -0.2) is 29.6 Å². The van der Waals surface area contributed by atoms with E-state index < -0.39 is 16.9 Å². The molecule has 0 aromatic heterocycles. The summed E-state index contributed by atoms with van der Waals surface area (Å²) in [5.41, 5.74) is 1.16. The Morgan fingerprint density at radius 1 is 1.23 bits per heavy atom. The first-order valence-corrected chi connectivity index (χ1v) is 9.40. The SMILES string of the molecule is CC(C)[C@H](NC(=O)c1ccccc1)C(=O)OCc1cc([N+](=O)[O-])cc2c1OCOC2. The molecule has 0 bridgehead atoms. The third-order valence-corrected chi connectivity index (χ3v) is 4.60. The molecule has 0 spiro atoms. The minimum atomic E-state index is -0.878. The van der Waals surface area contributed by atoms with Crippen LogP contribution in [0.5, 0.6) is 5.75 Å². The fraction of sp³-hybridized carbons (Fsp3) is 0.333. The van der Waals surface area contributed by atoms with Gasteiger partial charge in [0.25, 0.3) is 11.6 Å². The zero-order valence-corrected chi connectivity index (χ0v) is 16.6. The zero-order valence-electron chi connectivity index (χ0n) is 16.6. The van der Waals surface area contributed by atoms with Crippen LogP contribution in [0, 0.1) is 16.0 Å². The van der Waals surface area contributed by atoms with Gasteiger partial charge in [-0.2, -0.15) is 0 Å². The normalized spacial score (nSPS) is 13.7. The van der Waals surface area contributed by atoms with Crippen molar-refractivity contribution >= 4 is 17.6 Å². The van der Waals surface area contributed by atoms with Gasteiger partial charge >= 0.3 is 5.97 Å². The summed E-state index contributed by atoms with van der Waals surface area (Å²) < 4.78 is 16.0. The van der Waals surface area contributed by atoms with Crippen LogP contribution in [0.25, 0.3) is 0 Å². The molecule has 2 aromatic carbocycles. The average Bonchev–Trinajstić information content (AvgIpc) is 2.75. The van der Waals surface area contributed by atoms with Gasteiger partial charge in [0.1, 0.15) is 18.4 Å². The minimum absolute atomic E-state index is 0.00745.